The summed E-state index contributed by atoms with van der Waals surface area (Å²) in [5.74, 6) is 2.12. The van der Waals surface area contributed by atoms with Crippen LogP contribution < -0.4 is 0 Å². The van der Waals surface area contributed by atoms with E-state index in [9.17, 15) is 0 Å². The molecule has 4 bridgehead atoms. The summed E-state index contributed by atoms with van der Waals surface area (Å²) in [6.07, 6.45) is 0. The summed E-state index contributed by atoms with van der Waals surface area (Å²) in [6.45, 7) is 0. The molecule has 80 valence electrons. The minimum atomic E-state index is 1.06. The van der Waals surface area contributed by atoms with Crippen LogP contribution in [0.2, 0.25) is 0 Å². The van der Waals surface area contributed by atoms with E-state index in [0.717, 1.165) is 11.5 Å². The van der Waals surface area contributed by atoms with Crippen LogP contribution in [0, 0.1) is 0 Å². The molecule has 4 aliphatic rings. The van der Waals surface area contributed by atoms with E-state index in [-0.39, 0.29) is 0 Å². The number of thioether (sulfide) groups is 2. The van der Waals surface area contributed by atoms with Gasteiger partial charge in [0.1, 0.15) is 0 Å². The smallest absolute Gasteiger partial charge is 0.0232 e. The molecule has 0 aromatic heterocycles. The summed E-state index contributed by atoms with van der Waals surface area (Å²) in [4.78, 5) is 2.72. The Balaban J connectivity index is 1.97. The normalized spacial score (nSPS) is 14.5. The van der Waals surface area contributed by atoms with Crippen molar-refractivity contribution in [1.29, 1.82) is 0 Å². The molecule has 16 heavy (non-hydrogen) atoms. The van der Waals surface area contributed by atoms with Crippen molar-refractivity contribution in [2.45, 2.75) is 21.3 Å². The van der Waals surface area contributed by atoms with Crippen molar-refractivity contribution in [2.75, 3.05) is 0 Å². The highest BCUT2D eigenvalue weighted by molar-refractivity contribution is 7.98. The Morgan fingerprint density at radius 2 is 0.938 bits per heavy atom. The Labute approximate surface area is 104 Å². The third-order valence-corrected chi connectivity index (χ3v) is 4.82. The van der Waals surface area contributed by atoms with Crippen molar-refractivity contribution in [3.05, 3.63) is 59.7 Å². The van der Waals surface area contributed by atoms with Crippen molar-refractivity contribution in [1.82, 2.24) is 0 Å². The van der Waals surface area contributed by atoms with Gasteiger partial charge in [0.2, 0.25) is 0 Å². The van der Waals surface area contributed by atoms with Crippen LogP contribution >= 0.6 is 23.5 Å². The van der Waals surface area contributed by atoms with Gasteiger partial charge in [-0.2, -0.15) is 0 Å². The monoisotopic (exact) mass is 244 g/mol. The van der Waals surface area contributed by atoms with Gasteiger partial charge in [0, 0.05) is 21.3 Å². The van der Waals surface area contributed by atoms with Crippen molar-refractivity contribution >= 4 is 23.5 Å². The van der Waals surface area contributed by atoms with Crippen molar-refractivity contribution in [3.63, 3.8) is 0 Å². The molecule has 0 nitrogen and oxygen atoms in total. The van der Waals surface area contributed by atoms with Crippen LogP contribution in [0.25, 0.3) is 0 Å². The first-order valence-electron chi connectivity index (χ1n) is 5.34. The maximum absolute atomic E-state index is 2.24. The summed E-state index contributed by atoms with van der Waals surface area (Å²) in [7, 11) is 0. The average molecular weight is 244 g/mol. The van der Waals surface area contributed by atoms with Crippen LogP contribution in [0.4, 0.5) is 0 Å². The molecule has 4 heterocycles. The van der Waals surface area contributed by atoms with Crippen molar-refractivity contribution < 1.29 is 0 Å². The highest BCUT2D eigenvalue weighted by Gasteiger charge is 2.02. The van der Waals surface area contributed by atoms with Gasteiger partial charge in [-0.25, -0.2) is 0 Å². The van der Waals surface area contributed by atoms with Crippen LogP contribution in [0.1, 0.15) is 11.1 Å². The summed E-state index contributed by atoms with van der Waals surface area (Å²) < 4.78 is 0. The minimum absolute atomic E-state index is 1.06. The van der Waals surface area contributed by atoms with Gasteiger partial charge in [-0.05, 0) is 35.4 Å². The predicted octanol–water partition coefficient (Wildman–Crippen LogP) is 4.58. The standard InChI is InChI=1S/C14H12S2/c1-5-13-6-2-11(1)9-15-14-7-3-12(4-8-14)10-16-13/h1-8H,9-10H2. The topological polar surface area (TPSA) is 0 Å². The summed E-state index contributed by atoms with van der Waals surface area (Å²) in [5.41, 5.74) is 2.80. The molecule has 0 N–H and O–H groups in total. The van der Waals surface area contributed by atoms with Gasteiger partial charge in [0.05, 0.1) is 0 Å². The van der Waals surface area contributed by atoms with E-state index < -0.39 is 0 Å². The molecule has 0 fully saturated rings. The molecule has 0 atom stereocenters. The van der Waals surface area contributed by atoms with E-state index in [1.807, 2.05) is 23.5 Å². The molecule has 2 aromatic carbocycles. The van der Waals surface area contributed by atoms with Gasteiger partial charge in [-0.3, -0.25) is 0 Å². The highest BCUT2D eigenvalue weighted by Crippen LogP contribution is 2.29. The van der Waals surface area contributed by atoms with E-state index in [1.165, 1.54) is 20.9 Å². The van der Waals surface area contributed by atoms with E-state index in [1.54, 1.807) is 0 Å². The fourth-order valence-corrected chi connectivity index (χ4v) is 3.41. The molecule has 0 aliphatic carbocycles. The largest absolute Gasteiger partial charge is 0.121 e. The first-order chi connectivity index (χ1) is 7.90. The Bertz CT molecular complexity index is 378. The number of hydrogen-bond donors (Lipinski definition) is 0. The van der Waals surface area contributed by atoms with Crippen LogP contribution in [0.5, 0.6) is 0 Å². The molecule has 4 aliphatic heterocycles. The first kappa shape index (κ1) is 10.3. The summed E-state index contributed by atoms with van der Waals surface area (Å²) in [5, 5.41) is 0. The van der Waals surface area contributed by atoms with Crippen LogP contribution in [-0.2, 0) is 11.5 Å². The van der Waals surface area contributed by atoms with Gasteiger partial charge in [-0.15, -0.1) is 23.5 Å². The molecule has 0 saturated heterocycles. The average Bonchev–Trinajstić information content (AvgIpc) is 2.33. The molecular weight excluding hydrogens is 232 g/mol. The maximum atomic E-state index is 2.24. The zero-order valence-electron chi connectivity index (χ0n) is 8.85. The fraction of sp³-hybridized carbons (Fsp3) is 0.143. The Kier molecular flexibility index (Phi) is 2.94. The van der Waals surface area contributed by atoms with Crippen LogP contribution in [-0.4, -0.2) is 0 Å². The molecule has 2 aromatic rings. The third-order valence-electron chi connectivity index (χ3n) is 2.66. The summed E-state index contributed by atoms with van der Waals surface area (Å²) >= 11 is 3.81. The van der Waals surface area contributed by atoms with E-state index in [0.29, 0.717) is 0 Å². The van der Waals surface area contributed by atoms with E-state index >= 15 is 0 Å². The lowest BCUT2D eigenvalue weighted by atomic mass is 10.2. The van der Waals surface area contributed by atoms with Gasteiger partial charge in [0.25, 0.3) is 0 Å². The predicted molar refractivity (Wildman–Crippen MR) is 72.0 cm³/mol. The van der Waals surface area contributed by atoms with E-state index in [2.05, 4.69) is 48.5 Å². The Morgan fingerprint density at radius 3 is 1.31 bits per heavy atom. The minimum Gasteiger partial charge on any atom is -0.121 e. The number of benzene rings is 2. The lowest BCUT2D eigenvalue weighted by Crippen LogP contribution is -1.86. The fourth-order valence-electron chi connectivity index (χ4n) is 1.70. The molecule has 0 amide bonds. The molecular formula is C14H12S2. The maximum Gasteiger partial charge on any atom is 0.0232 e. The second-order valence-corrected chi connectivity index (χ2v) is 5.96. The zero-order chi connectivity index (χ0) is 10.8. The molecule has 6 rings (SSSR count). The van der Waals surface area contributed by atoms with Gasteiger partial charge < -0.3 is 0 Å². The second kappa shape index (κ2) is 4.56. The molecule has 2 heteroatoms. The van der Waals surface area contributed by atoms with Gasteiger partial charge in [-0.1, -0.05) is 24.3 Å². The lowest BCUT2D eigenvalue weighted by molar-refractivity contribution is 1.29. The molecule has 0 radical (unpaired) electrons. The molecule has 0 saturated carbocycles. The second-order valence-electron chi connectivity index (χ2n) is 3.87. The zero-order valence-corrected chi connectivity index (χ0v) is 10.5. The van der Waals surface area contributed by atoms with Crippen molar-refractivity contribution in [2.24, 2.45) is 0 Å². The molecule has 0 unspecified atom stereocenters. The quantitative estimate of drug-likeness (QED) is 0.665. The number of hydrogen-bond acceptors (Lipinski definition) is 2. The molecule has 0 spiro atoms. The van der Waals surface area contributed by atoms with Crippen molar-refractivity contribution in [3.8, 4) is 0 Å². The van der Waals surface area contributed by atoms with E-state index in [4.69, 9.17) is 0 Å². The van der Waals surface area contributed by atoms with Crippen LogP contribution in [0.3, 0.4) is 0 Å². The highest BCUT2D eigenvalue weighted by atomic mass is 32.2. The number of rotatable bonds is 0. The Morgan fingerprint density at radius 1 is 0.562 bits per heavy atom. The van der Waals surface area contributed by atoms with Gasteiger partial charge >= 0.3 is 0 Å². The first-order valence-corrected chi connectivity index (χ1v) is 7.31. The lowest BCUT2D eigenvalue weighted by Gasteiger charge is -2.08. The van der Waals surface area contributed by atoms with Gasteiger partial charge in [0.15, 0.2) is 0 Å². The SMILES string of the molecule is c1cc2ccc1CSc1ccc(cc1)CS2. The summed E-state index contributed by atoms with van der Waals surface area (Å²) in [6, 6.07) is 17.9. The van der Waals surface area contributed by atoms with Crippen LogP contribution in [0.15, 0.2) is 58.3 Å². The third kappa shape index (κ3) is 2.28. The Hall–Kier alpha value is -0.860.